The van der Waals surface area contributed by atoms with E-state index in [1.165, 1.54) is 6.42 Å². The van der Waals surface area contributed by atoms with E-state index in [0.717, 1.165) is 24.1 Å². The van der Waals surface area contributed by atoms with Gasteiger partial charge < -0.3 is 10.1 Å². The summed E-state index contributed by atoms with van der Waals surface area (Å²) in [6, 6.07) is 5.88. The molecule has 1 aliphatic rings. The Morgan fingerprint density at radius 2 is 2.13 bits per heavy atom. The first-order valence-corrected chi connectivity index (χ1v) is 11.7. The summed E-state index contributed by atoms with van der Waals surface area (Å²) in [6.45, 7) is 5.89. The summed E-state index contributed by atoms with van der Waals surface area (Å²) in [5.41, 5.74) is 1.70. The summed E-state index contributed by atoms with van der Waals surface area (Å²) < 4.78 is 7.20. The van der Waals surface area contributed by atoms with Gasteiger partial charge in [-0.05, 0) is 50.1 Å². The highest BCUT2D eigenvalue weighted by molar-refractivity contribution is 7.13. The van der Waals surface area contributed by atoms with E-state index < -0.39 is 5.97 Å². The van der Waals surface area contributed by atoms with Crippen LogP contribution in [0.15, 0.2) is 29.8 Å². The molecule has 7 nitrogen and oxygen atoms in total. The Hall–Kier alpha value is -2.74. The summed E-state index contributed by atoms with van der Waals surface area (Å²) >= 11 is 1.55. The molecular weight excluding hydrogens is 412 g/mol. The molecule has 1 saturated carbocycles. The molecule has 0 aliphatic heterocycles. The molecule has 164 valence electrons. The number of nitrogens with zero attached hydrogens (tertiary/aromatic N) is 3. The number of rotatable bonds is 6. The first kappa shape index (κ1) is 21.5. The van der Waals surface area contributed by atoms with Crippen molar-refractivity contribution in [3.8, 4) is 10.6 Å². The van der Waals surface area contributed by atoms with Gasteiger partial charge in [0.15, 0.2) is 12.3 Å². The molecule has 2 atom stereocenters. The molecule has 3 aromatic heterocycles. The van der Waals surface area contributed by atoms with Crippen molar-refractivity contribution in [2.75, 3.05) is 6.61 Å². The van der Waals surface area contributed by atoms with Crippen molar-refractivity contribution in [1.82, 2.24) is 20.1 Å². The number of thiophene rings is 1. The Morgan fingerprint density at radius 1 is 1.32 bits per heavy atom. The number of hydrogen-bond acceptors (Lipinski definition) is 6. The number of pyridine rings is 1. The maximum atomic E-state index is 13.0. The molecule has 8 heteroatoms. The number of aromatic nitrogens is 3. The number of amides is 1. The first-order valence-electron chi connectivity index (χ1n) is 10.8. The Labute approximate surface area is 185 Å². The zero-order chi connectivity index (χ0) is 22.0. The van der Waals surface area contributed by atoms with E-state index in [9.17, 15) is 9.59 Å². The minimum atomic E-state index is -0.541. The lowest BCUT2D eigenvalue weighted by atomic mass is 9.86. The predicted molar refractivity (Wildman–Crippen MR) is 121 cm³/mol. The Kier molecular flexibility index (Phi) is 6.36. The molecular formula is C23H28N4O3S. The average Bonchev–Trinajstić information content (AvgIpc) is 3.43. The molecule has 0 spiro atoms. The van der Waals surface area contributed by atoms with Crippen molar-refractivity contribution in [2.24, 2.45) is 5.92 Å². The highest BCUT2D eigenvalue weighted by Gasteiger charge is 2.24. The number of carbonyl (C=O) groups excluding carboxylic acids is 2. The minimum absolute atomic E-state index is 0.0933. The van der Waals surface area contributed by atoms with Gasteiger partial charge in [-0.25, -0.2) is 14.5 Å². The smallest absolute Gasteiger partial charge is 0.339 e. The number of fused-ring (bicyclic) bond motifs is 1. The van der Waals surface area contributed by atoms with Crippen LogP contribution in [0.25, 0.3) is 21.6 Å². The van der Waals surface area contributed by atoms with Crippen molar-refractivity contribution >= 4 is 34.2 Å². The second kappa shape index (κ2) is 9.18. The van der Waals surface area contributed by atoms with Gasteiger partial charge in [0.1, 0.15) is 0 Å². The summed E-state index contributed by atoms with van der Waals surface area (Å²) in [5.74, 6) is -0.349. The quantitative estimate of drug-likeness (QED) is 0.567. The molecule has 3 aromatic rings. The van der Waals surface area contributed by atoms with Gasteiger partial charge in [0.2, 0.25) is 0 Å². The van der Waals surface area contributed by atoms with Gasteiger partial charge in [-0.2, -0.15) is 5.10 Å². The highest BCUT2D eigenvalue weighted by Crippen LogP contribution is 2.29. The number of nitrogens with one attached hydrogen (secondary N) is 1. The largest absolute Gasteiger partial charge is 0.452 e. The van der Waals surface area contributed by atoms with Crippen LogP contribution >= 0.6 is 11.3 Å². The third kappa shape index (κ3) is 4.63. The predicted octanol–water partition coefficient (Wildman–Crippen LogP) is 4.59. The Balaban J connectivity index is 1.55. The molecule has 0 saturated heterocycles. The van der Waals surface area contributed by atoms with E-state index in [4.69, 9.17) is 9.72 Å². The van der Waals surface area contributed by atoms with E-state index in [0.29, 0.717) is 28.2 Å². The summed E-state index contributed by atoms with van der Waals surface area (Å²) in [5, 5.41) is 10.0. The van der Waals surface area contributed by atoms with E-state index in [-0.39, 0.29) is 24.6 Å². The molecule has 1 fully saturated rings. The lowest BCUT2D eigenvalue weighted by Crippen LogP contribution is -2.42. The zero-order valence-corrected chi connectivity index (χ0v) is 18.9. The van der Waals surface area contributed by atoms with Gasteiger partial charge in [0.05, 0.1) is 27.7 Å². The van der Waals surface area contributed by atoms with Crippen molar-refractivity contribution < 1.29 is 14.3 Å². The SMILES string of the molecule is CC1CCCCC1NC(=O)COC(=O)c1cc(-c2cccs2)nc2c1cnn2C(C)C. The molecule has 4 rings (SSSR count). The number of ether oxygens (including phenoxy) is 1. The average molecular weight is 441 g/mol. The number of esters is 1. The molecule has 3 heterocycles. The maximum Gasteiger partial charge on any atom is 0.339 e. The van der Waals surface area contributed by atoms with Gasteiger partial charge in [-0.1, -0.05) is 25.8 Å². The second-order valence-electron chi connectivity index (χ2n) is 8.46. The van der Waals surface area contributed by atoms with Crippen LogP contribution in [0.1, 0.15) is 62.9 Å². The summed E-state index contributed by atoms with van der Waals surface area (Å²) in [7, 11) is 0. The van der Waals surface area contributed by atoms with Crippen molar-refractivity contribution in [1.29, 1.82) is 0 Å². The van der Waals surface area contributed by atoms with Crippen LogP contribution in [0.2, 0.25) is 0 Å². The molecule has 0 aromatic carbocycles. The third-order valence-corrected chi connectivity index (χ3v) is 6.73. The Bertz CT molecular complexity index is 1070. The molecule has 31 heavy (non-hydrogen) atoms. The maximum absolute atomic E-state index is 13.0. The first-order chi connectivity index (χ1) is 14.9. The molecule has 1 N–H and O–H groups in total. The fraction of sp³-hybridized carbons (Fsp3) is 0.478. The fourth-order valence-electron chi connectivity index (χ4n) is 4.10. The lowest BCUT2D eigenvalue weighted by molar-refractivity contribution is -0.125. The van der Waals surface area contributed by atoms with Crippen LogP contribution in [-0.4, -0.2) is 39.3 Å². The summed E-state index contributed by atoms with van der Waals surface area (Å²) in [6.07, 6.45) is 6.06. The molecule has 0 radical (unpaired) electrons. The van der Waals surface area contributed by atoms with Crippen molar-refractivity contribution in [3.05, 3.63) is 35.3 Å². The number of hydrogen-bond donors (Lipinski definition) is 1. The van der Waals surface area contributed by atoms with Crippen LogP contribution < -0.4 is 5.32 Å². The van der Waals surface area contributed by atoms with Crippen LogP contribution in [0.5, 0.6) is 0 Å². The van der Waals surface area contributed by atoms with E-state index in [2.05, 4.69) is 17.3 Å². The van der Waals surface area contributed by atoms with E-state index in [1.54, 1.807) is 28.3 Å². The topological polar surface area (TPSA) is 86.1 Å². The van der Waals surface area contributed by atoms with Crippen LogP contribution in [0.4, 0.5) is 0 Å². The second-order valence-corrected chi connectivity index (χ2v) is 9.41. The lowest BCUT2D eigenvalue weighted by Gasteiger charge is -2.29. The van der Waals surface area contributed by atoms with Gasteiger partial charge in [0, 0.05) is 12.1 Å². The van der Waals surface area contributed by atoms with Crippen LogP contribution in [-0.2, 0) is 9.53 Å². The Morgan fingerprint density at radius 3 is 2.84 bits per heavy atom. The third-order valence-electron chi connectivity index (χ3n) is 5.84. The molecule has 2 unspecified atom stereocenters. The fourth-order valence-corrected chi connectivity index (χ4v) is 4.79. The van der Waals surface area contributed by atoms with Gasteiger partial charge in [-0.15, -0.1) is 11.3 Å². The standard InChI is InChI=1S/C23H28N4O3S/c1-14(2)27-22-17(12-24-27)16(11-19(26-22)20-9-6-10-31-20)23(29)30-13-21(28)25-18-8-5-4-7-15(18)3/h6,9-12,14-15,18H,4-5,7-8,13H2,1-3H3,(H,25,28). The van der Waals surface area contributed by atoms with Gasteiger partial charge in [0.25, 0.3) is 5.91 Å². The molecule has 0 bridgehead atoms. The van der Waals surface area contributed by atoms with E-state index in [1.807, 2.05) is 31.4 Å². The zero-order valence-electron chi connectivity index (χ0n) is 18.1. The summed E-state index contributed by atoms with van der Waals surface area (Å²) in [4.78, 5) is 31.0. The number of carbonyl (C=O) groups is 2. The van der Waals surface area contributed by atoms with Crippen LogP contribution in [0, 0.1) is 5.92 Å². The monoisotopic (exact) mass is 440 g/mol. The highest BCUT2D eigenvalue weighted by atomic mass is 32.1. The van der Waals surface area contributed by atoms with Crippen LogP contribution in [0.3, 0.4) is 0 Å². The normalized spacial score (nSPS) is 19.0. The molecule has 1 amide bonds. The van der Waals surface area contributed by atoms with Crippen molar-refractivity contribution in [3.63, 3.8) is 0 Å². The van der Waals surface area contributed by atoms with Crippen molar-refractivity contribution in [2.45, 2.75) is 58.5 Å². The van der Waals surface area contributed by atoms with E-state index >= 15 is 0 Å². The van der Waals surface area contributed by atoms with Gasteiger partial charge in [-0.3, -0.25) is 4.79 Å². The minimum Gasteiger partial charge on any atom is -0.452 e. The molecule has 1 aliphatic carbocycles. The van der Waals surface area contributed by atoms with Gasteiger partial charge >= 0.3 is 5.97 Å².